The van der Waals surface area contributed by atoms with Crippen molar-refractivity contribution in [3.05, 3.63) is 18.1 Å². The van der Waals surface area contributed by atoms with Crippen LogP contribution >= 0.6 is 0 Å². The van der Waals surface area contributed by atoms with Crippen LogP contribution in [-0.4, -0.2) is 36.8 Å². The molecule has 1 heterocycles. The smallest absolute Gasteiger partial charge is 0.133 e. The molecule has 4 heteroatoms. The minimum Gasteiger partial charge on any atom is -0.380 e. The van der Waals surface area contributed by atoms with E-state index in [1.54, 1.807) is 0 Å². The number of ether oxygens (including phenoxy) is 1. The molecule has 0 N–H and O–H groups in total. The van der Waals surface area contributed by atoms with Crippen LogP contribution < -0.4 is 4.90 Å². The van der Waals surface area contributed by atoms with Gasteiger partial charge in [-0.25, -0.2) is 9.97 Å². The molecule has 0 amide bonds. The minimum absolute atomic E-state index is 0.611. The molecule has 1 aliphatic rings. The summed E-state index contributed by atoms with van der Waals surface area (Å²) in [5.74, 6) is 2.61. The monoisotopic (exact) mass is 221 g/mol. The first-order valence-corrected chi connectivity index (χ1v) is 5.93. The van der Waals surface area contributed by atoms with Crippen molar-refractivity contribution < 1.29 is 4.74 Å². The first kappa shape index (κ1) is 11.3. The highest BCUT2D eigenvalue weighted by Gasteiger charge is 2.26. The Labute approximate surface area is 96.7 Å². The molecule has 4 nitrogen and oxygen atoms in total. The van der Waals surface area contributed by atoms with E-state index in [0.717, 1.165) is 31.4 Å². The molecular weight excluding hydrogens is 202 g/mol. The van der Waals surface area contributed by atoms with Crippen molar-refractivity contribution in [2.24, 2.45) is 0 Å². The molecule has 0 aliphatic heterocycles. The van der Waals surface area contributed by atoms with E-state index in [1.807, 2.05) is 26.2 Å². The van der Waals surface area contributed by atoms with Crippen LogP contribution in [0.4, 0.5) is 5.82 Å². The van der Waals surface area contributed by atoms with Crippen molar-refractivity contribution in [1.29, 1.82) is 0 Å². The Bertz CT molecular complexity index is 339. The molecule has 1 aromatic rings. The molecule has 88 valence electrons. The predicted octanol–water partition coefficient (Wildman–Crippen LogP) is 1.83. The fraction of sp³-hybridized carbons (Fsp3) is 0.667. The van der Waals surface area contributed by atoms with Crippen LogP contribution in [0.15, 0.2) is 12.3 Å². The second-order valence-electron chi connectivity index (χ2n) is 4.17. The Morgan fingerprint density at radius 3 is 3.00 bits per heavy atom. The molecule has 0 aromatic carbocycles. The fourth-order valence-electron chi connectivity index (χ4n) is 1.57. The van der Waals surface area contributed by atoms with Crippen molar-refractivity contribution in [3.8, 4) is 0 Å². The van der Waals surface area contributed by atoms with Crippen LogP contribution in [0.25, 0.3) is 0 Å². The minimum atomic E-state index is 0.611. The van der Waals surface area contributed by atoms with Gasteiger partial charge in [-0.2, -0.15) is 0 Å². The quantitative estimate of drug-likeness (QED) is 0.687. The third-order valence-corrected chi connectivity index (χ3v) is 2.77. The van der Waals surface area contributed by atoms with Gasteiger partial charge in [0.15, 0.2) is 0 Å². The molecule has 0 radical (unpaired) electrons. The number of hydrogen-bond acceptors (Lipinski definition) is 4. The lowest BCUT2D eigenvalue weighted by Gasteiger charge is -2.18. The molecule has 0 atom stereocenters. The van der Waals surface area contributed by atoms with Crippen LogP contribution in [-0.2, 0) is 4.74 Å². The molecule has 0 saturated heterocycles. The highest BCUT2D eigenvalue weighted by Crippen LogP contribution is 2.38. The lowest BCUT2D eigenvalue weighted by Crippen LogP contribution is -2.23. The Balaban J connectivity index is 1.93. The van der Waals surface area contributed by atoms with E-state index in [4.69, 9.17) is 4.74 Å². The van der Waals surface area contributed by atoms with E-state index in [-0.39, 0.29) is 0 Å². The number of hydrogen-bond donors (Lipinski definition) is 0. The number of likely N-dealkylation sites (N-methyl/N-ethyl adjacent to an activating group) is 1. The Hall–Kier alpha value is -1.16. The summed E-state index contributed by atoms with van der Waals surface area (Å²) in [7, 11) is 2.04. The van der Waals surface area contributed by atoms with Crippen LogP contribution in [0.2, 0.25) is 0 Å². The second-order valence-corrected chi connectivity index (χ2v) is 4.17. The SMILES string of the molecule is CCOCCN(C)c1ccnc(C2CC2)n1. The summed E-state index contributed by atoms with van der Waals surface area (Å²) in [5, 5.41) is 0. The van der Waals surface area contributed by atoms with Crippen LogP contribution in [0.3, 0.4) is 0 Å². The first-order chi connectivity index (χ1) is 7.81. The molecule has 1 aliphatic carbocycles. The summed E-state index contributed by atoms with van der Waals surface area (Å²) in [6.07, 6.45) is 4.34. The summed E-state index contributed by atoms with van der Waals surface area (Å²) < 4.78 is 5.33. The van der Waals surface area contributed by atoms with Gasteiger partial charge < -0.3 is 9.64 Å². The summed E-state index contributed by atoms with van der Waals surface area (Å²) in [6, 6.07) is 1.96. The number of anilines is 1. The van der Waals surface area contributed by atoms with E-state index in [1.165, 1.54) is 12.8 Å². The van der Waals surface area contributed by atoms with Crippen LogP contribution in [0, 0.1) is 0 Å². The van der Waals surface area contributed by atoms with Crippen LogP contribution in [0.1, 0.15) is 31.5 Å². The Kier molecular flexibility index (Phi) is 3.72. The maximum Gasteiger partial charge on any atom is 0.133 e. The van der Waals surface area contributed by atoms with Gasteiger partial charge in [-0.05, 0) is 25.8 Å². The first-order valence-electron chi connectivity index (χ1n) is 5.93. The van der Waals surface area contributed by atoms with Gasteiger partial charge in [-0.1, -0.05) is 0 Å². The van der Waals surface area contributed by atoms with Gasteiger partial charge in [0.1, 0.15) is 11.6 Å². The fourth-order valence-corrected chi connectivity index (χ4v) is 1.57. The van der Waals surface area contributed by atoms with Gasteiger partial charge in [0, 0.05) is 32.3 Å². The zero-order valence-electron chi connectivity index (χ0n) is 10.0. The third-order valence-electron chi connectivity index (χ3n) is 2.77. The molecule has 0 unspecified atom stereocenters. The molecular formula is C12H19N3O. The second kappa shape index (κ2) is 5.25. The van der Waals surface area contributed by atoms with E-state index in [0.29, 0.717) is 5.92 Å². The maximum absolute atomic E-state index is 5.33. The van der Waals surface area contributed by atoms with Gasteiger partial charge in [0.25, 0.3) is 0 Å². The molecule has 1 fully saturated rings. The number of nitrogens with zero attached hydrogens (tertiary/aromatic N) is 3. The van der Waals surface area contributed by atoms with Crippen molar-refractivity contribution in [3.63, 3.8) is 0 Å². The van der Waals surface area contributed by atoms with E-state index in [9.17, 15) is 0 Å². The van der Waals surface area contributed by atoms with Crippen LogP contribution in [0.5, 0.6) is 0 Å². The largest absolute Gasteiger partial charge is 0.380 e. The maximum atomic E-state index is 5.33. The summed E-state index contributed by atoms with van der Waals surface area (Å²) in [6.45, 7) is 4.39. The molecule has 1 saturated carbocycles. The summed E-state index contributed by atoms with van der Waals surface area (Å²) >= 11 is 0. The van der Waals surface area contributed by atoms with E-state index in [2.05, 4.69) is 14.9 Å². The van der Waals surface area contributed by atoms with Gasteiger partial charge in [-0.3, -0.25) is 0 Å². The van der Waals surface area contributed by atoms with Gasteiger partial charge >= 0.3 is 0 Å². The molecule has 0 bridgehead atoms. The standard InChI is InChI=1S/C12H19N3O/c1-3-16-9-8-15(2)11-6-7-13-12(14-11)10-4-5-10/h6-7,10H,3-5,8-9H2,1-2H3. The zero-order chi connectivity index (χ0) is 11.4. The molecule has 2 rings (SSSR count). The zero-order valence-corrected chi connectivity index (χ0v) is 10.0. The normalized spacial score (nSPS) is 15.1. The van der Waals surface area contributed by atoms with E-state index >= 15 is 0 Å². The van der Waals surface area contributed by atoms with Crippen molar-refractivity contribution in [1.82, 2.24) is 9.97 Å². The molecule has 16 heavy (non-hydrogen) atoms. The average Bonchev–Trinajstić information content (AvgIpc) is 3.13. The number of rotatable bonds is 6. The Morgan fingerprint density at radius 2 is 2.31 bits per heavy atom. The predicted molar refractivity (Wildman–Crippen MR) is 63.8 cm³/mol. The van der Waals surface area contributed by atoms with Gasteiger partial charge in [0.05, 0.1) is 6.61 Å². The topological polar surface area (TPSA) is 38.2 Å². The highest BCUT2D eigenvalue weighted by molar-refractivity contribution is 5.36. The molecule has 1 aromatic heterocycles. The van der Waals surface area contributed by atoms with Gasteiger partial charge in [-0.15, -0.1) is 0 Å². The van der Waals surface area contributed by atoms with E-state index < -0.39 is 0 Å². The van der Waals surface area contributed by atoms with Gasteiger partial charge in [0.2, 0.25) is 0 Å². The highest BCUT2D eigenvalue weighted by atomic mass is 16.5. The van der Waals surface area contributed by atoms with Crippen molar-refractivity contribution >= 4 is 5.82 Å². The average molecular weight is 221 g/mol. The lowest BCUT2D eigenvalue weighted by molar-refractivity contribution is 0.154. The number of aromatic nitrogens is 2. The summed E-state index contributed by atoms with van der Waals surface area (Å²) in [4.78, 5) is 11.0. The lowest BCUT2D eigenvalue weighted by atomic mass is 10.4. The third kappa shape index (κ3) is 2.92. The summed E-state index contributed by atoms with van der Waals surface area (Å²) in [5.41, 5.74) is 0. The van der Waals surface area contributed by atoms with Crippen molar-refractivity contribution in [2.45, 2.75) is 25.7 Å². The molecule has 0 spiro atoms. The Morgan fingerprint density at radius 1 is 1.50 bits per heavy atom. The van der Waals surface area contributed by atoms with Crippen molar-refractivity contribution in [2.75, 3.05) is 31.7 Å².